The first-order valence-electron chi connectivity index (χ1n) is 7.15. The number of rotatable bonds is 3. The molecule has 0 spiro atoms. The Balaban J connectivity index is 1.73. The fourth-order valence-corrected chi connectivity index (χ4v) is 2.79. The van der Waals surface area contributed by atoms with Crippen LogP contribution in [0.1, 0.15) is 25.7 Å². The van der Waals surface area contributed by atoms with Gasteiger partial charge in [-0.2, -0.15) is 0 Å². The maximum atomic E-state index is 6.04. The van der Waals surface area contributed by atoms with Crippen LogP contribution in [0.4, 0.5) is 5.69 Å². The van der Waals surface area contributed by atoms with Crippen LogP contribution in [0.5, 0.6) is 17.2 Å². The van der Waals surface area contributed by atoms with Crippen LogP contribution in [0.3, 0.4) is 0 Å². The predicted molar refractivity (Wildman–Crippen MR) is 75.5 cm³/mol. The minimum atomic E-state index is 0.151. The van der Waals surface area contributed by atoms with Gasteiger partial charge in [-0.05, 0) is 19.3 Å². The van der Waals surface area contributed by atoms with E-state index >= 15 is 0 Å². The predicted octanol–water partition coefficient (Wildman–Crippen LogP) is 2.38. The van der Waals surface area contributed by atoms with Crippen LogP contribution < -0.4 is 19.9 Å². The Hall–Kier alpha value is -1.62. The number of methoxy groups -OCH3 is 1. The zero-order valence-corrected chi connectivity index (χ0v) is 11.8. The SMILES string of the molecule is COC1CCCC(Oc2cc3c(cc2N)OCCO3)C1. The molecule has 1 saturated carbocycles. The van der Waals surface area contributed by atoms with Crippen molar-refractivity contribution in [2.45, 2.75) is 37.9 Å². The van der Waals surface area contributed by atoms with Crippen LogP contribution in [0.2, 0.25) is 0 Å². The van der Waals surface area contributed by atoms with E-state index in [1.54, 1.807) is 13.2 Å². The molecule has 5 heteroatoms. The molecule has 0 saturated heterocycles. The first kappa shape index (κ1) is 13.4. The molecule has 1 heterocycles. The van der Waals surface area contributed by atoms with E-state index in [0.717, 1.165) is 25.7 Å². The number of ether oxygens (including phenoxy) is 4. The third kappa shape index (κ3) is 2.77. The number of nitrogen functional groups attached to an aromatic ring is 1. The standard InChI is InChI=1S/C15H21NO4/c1-17-10-3-2-4-11(7-10)20-13-9-15-14(8-12(13)16)18-5-6-19-15/h8-11H,2-7,16H2,1H3. The number of hydrogen-bond donors (Lipinski definition) is 1. The van der Waals surface area contributed by atoms with Crippen molar-refractivity contribution in [3.8, 4) is 17.2 Å². The first-order valence-corrected chi connectivity index (χ1v) is 7.15. The summed E-state index contributed by atoms with van der Waals surface area (Å²) in [7, 11) is 1.76. The van der Waals surface area contributed by atoms with Gasteiger partial charge in [0.15, 0.2) is 11.5 Å². The lowest BCUT2D eigenvalue weighted by molar-refractivity contribution is 0.0210. The molecule has 0 radical (unpaired) electrons. The Labute approximate surface area is 118 Å². The van der Waals surface area contributed by atoms with Crippen LogP contribution in [-0.2, 0) is 4.74 Å². The lowest BCUT2D eigenvalue weighted by Gasteiger charge is -2.29. The molecule has 0 amide bonds. The van der Waals surface area contributed by atoms with Crippen LogP contribution >= 0.6 is 0 Å². The van der Waals surface area contributed by atoms with E-state index < -0.39 is 0 Å². The second-order valence-corrected chi connectivity index (χ2v) is 5.30. The fourth-order valence-electron chi connectivity index (χ4n) is 2.79. The monoisotopic (exact) mass is 279 g/mol. The highest BCUT2D eigenvalue weighted by molar-refractivity contribution is 5.62. The first-order chi connectivity index (χ1) is 9.76. The molecule has 3 rings (SSSR count). The highest BCUT2D eigenvalue weighted by Crippen LogP contribution is 2.39. The quantitative estimate of drug-likeness (QED) is 0.861. The van der Waals surface area contributed by atoms with Crippen LogP contribution in [0.25, 0.3) is 0 Å². The van der Waals surface area contributed by atoms with E-state index in [-0.39, 0.29) is 12.2 Å². The van der Waals surface area contributed by atoms with Crippen LogP contribution in [0.15, 0.2) is 12.1 Å². The highest BCUT2D eigenvalue weighted by Gasteiger charge is 2.24. The van der Waals surface area contributed by atoms with Gasteiger partial charge in [0.25, 0.3) is 0 Å². The normalized spacial score (nSPS) is 25.2. The largest absolute Gasteiger partial charge is 0.488 e. The number of hydrogen-bond acceptors (Lipinski definition) is 5. The third-order valence-electron chi connectivity index (χ3n) is 3.88. The number of anilines is 1. The molecule has 1 aliphatic heterocycles. The maximum Gasteiger partial charge on any atom is 0.165 e. The van der Waals surface area contributed by atoms with Crippen molar-refractivity contribution in [3.05, 3.63) is 12.1 Å². The summed E-state index contributed by atoms with van der Waals surface area (Å²) in [5.41, 5.74) is 6.63. The summed E-state index contributed by atoms with van der Waals surface area (Å²) in [5.74, 6) is 2.08. The smallest absolute Gasteiger partial charge is 0.165 e. The van der Waals surface area contributed by atoms with Crippen molar-refractivity contribution in [3.63, 3.8) is 0 Å². The minimum Gasteiger partial charge on any atom is -0.488 e. The number of fused-ring (bicyclic) bond motifs is 1. The van der Waals surface area contributed by atoms with Gasteiger partial charge in [-0.25, -0.2) is 0 Å². The van der Waals surface area contributed by atoms with Crippen LogP contribution in [-0.4, -0.2) is 32.5 Å². The maximum absolute atomic E-state index is 6.04. The Morgan fingerprint density at radius 1 is 1.10 bits per heavy atom. The molecule has 20 heavy (non-hydrogen) atoms. The van der Waals surface area contributed by atoms with E-state index in [4.69, 9.17) is 24.7 Å². The molecule has 2 aliphatic rings. The van der Waals surface area contributed by atoms with Crippen molar-refractivity contribution in [1.82, 2.24) is 0 Å². The van der Waals surface area contributed by atoms with Crippen molar-refractivity contribution in [2.75, 3.05) is 26.1 Å². The lowest BCUT2D eigenvalue weighted by Crippen LogP contribution is -2.29. The molecular weight excluding hydrogens is 258 g/mol. The van der Waals surface area contributed by atoms with Gasteiger partial charge in [0, 0.05) is 25.7 Å². The Bertz CT molecular complexity index is 477. The number of nitrogens with two attached hydrogens (primary N) is 1. The van der Waals surface area contributed by atoms with E-state index in [1.807, 2.05) is 6.07 Å². The number of benzene rings is 1. The minimum absolute atomic E-state index is 0.151. The van der Waals surface area contributed by atoms with Gasteiger partial charge in [-0.15, -0.1) is 0 Å². The van der Waals surface area contributed by atoms with E-state index in [1.165, 1.54) is 0 Å². The van der Waals surface area contributed by atoms with E-state index in [9.17, 15) is 0 Å². The molecule has 2 atom stereocenters. The molecule has 0 aromatic heterocycles. The van der Waals surface area contributed by atoms with Crippen LogP contribution in [0, 0.1) is 0 Å². The highest BCUT2D eigenvalue weighted by atomic mass is 16.6. The molecule has 5 nitrogen and oxygen atoms in total. The van der Waals surface area contributed by atoms with Gasteiger partial charge in [0.2, 0.25) is 0 Å². The van der Waals surface area contributed by atoms with E-state index in [0.29, 0.717) is 36.1 Å². The Kier molecular flexibility index (Phi) is 3.87. The van der Waals surface area contributed by atoms with E-state index in [2.05, 4.69) is 0 Å². The molecule has 1 aromatic rings. The summed E-state index contributed by atoms with van der Waals surface area (Å²) < 4.78 is 22.5. The second-order valence-electron chi connectivity index (χ2n) is 5.30. The Morgan fingerprint density at radius 2 is 1.80 bits per heavy atom. The van der Waals surface area contributed by atoms with Gasteiger partial charge in [-0.1, -0.05) is 0 Å². The summed E-state index contributed by atoms with van der Waals surface area (Å²) >= 11 is 0. The van der Waals surface area contributed by atoms with Crippen molar-refractivity contribution in [1.29, 1.82) is 0 Å². The zero-order valence-electron chi connectivity index (χ0n) is 11.8. The zero-order chi connectivity index (χ0) is 13.9. The lowest BCUT2D eigenvalue weighted by atomic mass is 9.95. The van der Waals surface area contributed by atoms with Crippen molar-refractivity contribution in [2.24, 2.45) is 0 Å². The second kappa shape index (κ2) is 5.79. The molecule has 0 bridgehead atoms. The third-order valence-corrected chi connectivity index (χ3v) is 3.88. The van der Waals surface area contributed by atoms with Crippen molar-refractivity contribution < 1.29 is 18.9 Å². The van der Waals surface area contributed by atoms with Gasteiger partial charge in [0.05, 0.1) is 11.8 Å². The average molecular weight is 279 g/mol. The fraction of sp³-hybridized carbons (Fsp3) is 0.600. The molecule has 1 aromatic carbocycles. The summed E-state index contributed by atoms with van der Waals surface area (Å²) in [6, 6.07) is 3.61. The summed E-state index contributed by atoms with van der Waals surface area (Å²) in [6.07, 6.45) is 4.60. The molecule has 110 valence electrons. The van der Waals surface area contributed by atoms with Gasteiger partial charge in [0.1, 0.15) is 25.1 Å². The van der Waals surface area contributed by atoms with Gasteiger partial charge >= 0.3 is 0 Å². The average Bonchev–Trinajstić information content (AvgIpc) is 2.48. The van der Waals surface area contributed by atoms with Crippen molar-refractivity contribution >= 4 is 5.69 Å². The summed E-state index contributed by atoms with van der Waals surface area (Å²) in [5, 5.41) is 0. The summed E-state index contributed by atoms with van der Waals surface area (Å²) in [4.78, 5) is 0. The molecular formula is C15H21NO4. The molecule has 1 aliphatic carbocycles. The van der Waals surface area contributed by atoms with Gasteiger partial charge < -0.3 is 24.7 Å². The Morgan fingerprint density at radius 3 is 2.55 bits per heavy atom. The molecule has 2 unspecified atom stereocenters. The summed E-state index contributed by atoms with van der Waals surface area (Å²) in [6.45, 7) is 1.12. The topological polar surface area (TPSA) is 62.9 Å². The molecule has 2 N–H and O–H groups in total. The molecule has 1 fully saturated rings. The van der Waals surface area contributed by atoms with Gasteiger partial charge in [-0.3, -0.25) is 0 Å².